The molecule has 0 spiro atoms. The van der Waals surface area contributed by atoms with Crippen LogP contribution in [0.1, 0.15) is 38.1 Å². The van der Waals surface area contributed by atoms with Crippen molar-refractivity contribution in [2.75, 3.05) is 0 Å². The van der Waals surface area contributed by atoms with Crippen LogP contribution in [0.2, 0.25) is 0 Å². The third-order valence-electron chi connectivity index (χ3n) is 2.44. The Labute approximate surface area is 111 Å². The molecule has 0 amide bonds. The molecule has 1 rings (SSSR count). The van der Waals surface area contributed by atoms with Gasteiger partial charge in [-0.2, -0.15) is 0 Å². The molecule has 6 heteroatoms. The van der Waals surface area contributed by atoms with Crippen molar-refractivity contribution in [3.05, 3.63) is 29.3 Å². The Kier molecular flexibility index (Phi) is 4.84. The van der Waals surface area contributed by atoms with Gasteiger partial charge in [0, 0.05) is 0 Å². The molecule has 1 aromatic rings. The van der Waals surface area contributed by atoms with Crippen molar-refractivity contribution in [1.82, 2.24) is 4.98 Å². The second kappa shape index (κ2) is 6.16. The summed E-state index contributed by atoms with van der Waals surface area (Å²) in [6.45, 7) is 3.83. The second-order valence-electron chi connectivity index (χ2n) is 4.43. The van der Waals surface area contributed by atoms with Gasteiger partial charge in [0.2, 0.25) is 0 Å². The Morgan fingerprint density at radius 1 is 1.58 bits per heavy atom. The van der Waals surface area contributed by atoms with Crippen molar-refractivity contribution >= 4 is 5.84 Å². The molecule has 1 heterocycles. The monoisotopic (exact) mass is 264 g/mol. The number of halogens is 1. The third-order valence-corrected chi connectivity index (χ3v) is 2.44. The highest BCUT2D eigenvalue weighted by Crippen LogP contribution is 2.08. The molecule has 1 atom stereocenters. The number of pyridine rings is 1. The van der Waals surface area contributed by atoms with Gasteiger partial charge in [-0.15, -0.1) is 0 Å². The first kappa shape index (κ1) is 14.9. The van der Waals surface area contributed by atoms with Crippen molar-refractivity contribution in [2.24, 2.45) is 16.6 Å². The highest BCUT2D eigenvalue weighted by molar-refractivity contribution is 5.95. The van der Waals surface area contributed by atoms with Gasteiger partial charge in [0.15, 0.2) is 11.7 Å². The number of rotatable bonds is 3. The van der Waals surface area contributed by atoms with E-state index in [0.717, 1.165) is 18.9 Å². The summed E-state index contributed by atoms with van der Waals surface area (Å²) in [4.78, 5) is 3.89. The lowest BCUT2D eigenvalue weighted by atomic mass is 9.98. The van der Waals surface area contributed by atoms with Crippen LogP contribution in [0.4, 0.5) is 4.39 Å². The van der Waals surface area contributed by atoms with Crippen molar-refractivity contribution < 1.29 is 9.60 Å². The largest absolute Gasteiger partial charge is 0.409 e. The van der Waals surface area contributed by atoms with Crippen molar-refractivity contribution in [2.45, 2.75) is 32.2 Å². The van der Waals surface area contributed by atoms with Gasteiger partial charge in [-0.3, -0.25) is 0 Å². The molecule has 0 aliphatic rings. The van der Waals surface area contributed by atoms with E-state index in [1.54, 1.807) is 0 Å². The molecule has 0 saturated carbocycles. The van der Waals surface area contributed by atoms with Crippen LogP contribution in [0.25, 0.3) is 0 Å². The van der Waals surface area contributed by atoms with Crippen molar-refractivity contribution in [1.29, 1.82) is 0 Å². The minimum atomic E-state index is -0.676. The summed E-state index contributed by atoms with van der Waals surface area (Å²) in [6.07, 6.45) is 1.65. The van der Waals surface area contributed by atoms with E-state index < -0.39 is 17.2 Å². The van der Waals surface area contributed by atoms with Crippen LogP contribution in [0.3, 0.4) is 0 Å². The number of nitrogens with zero attached hydrogens (tertiary/aromatic N) is 2. The van der Waals surface area contributed by atoms with E-state index in [2.05, 4.69) is 22.0 Å². The van der Waals surface area contributed by atoms with Crippen molar-refractivity contribution in [3.63, 3.8) is 0 Å². The molecule has 0 bridgehead atoms. The Morgan fingerprint density at radius 3 is 2.84 bits per heavy atom. The first-order valence-electron chi connectivity index (χ1n) is 5.86. The predicted molar refractivity (Wildman–Crippen MR) is 71.1 cm³/mol. The predicted octanol–water partition coefficient (Wildman–Crippen LogP) is 1.18. The zero-order valence-corrected chi connectivity index (χ0v) is 10.9. The maximum Gasteiger partial charge on any atom is 0.191 e. The highest BCUT2D eigenvalue weighted by Gasteiger charge is 2.13. The lowest BCUT2D eigenvalue weighted by Crippen LogP contribution is -2.33. The molecule has 1 aromatic heterocycles. The van der Waals surface area contributed by atoms with Gasteiger partial charge in [0.1, 0.15) is 11.4 Å². The summed E-state index contributed by atoms with van der Waals surface area (Å²) >= 11 is 0. The van der Waals surface area contributed by atoms with E-state index in [-0.39, 0.29) is 5.69 Å². The van der Waals surface area contributed by atoms with Crippen molar-refractivity contribution in [3.8, 4) is 11.8 Å². The Morgan fingerprint density at radius 2 is 2.26 bits per heavy atom. The first-order valence-corrected chi connectivity index (χ1v) is 5.86. The van der Waals surface area contributed by atoms with Crippen LogP contribution in [0, 0.1) is 17.7 Å². The number of hydrogen-bond donors (Lipinski definition) is 3. The maximum absolute atomic E-state index is 13.4. The smallest absolute Gasteiger partial charge is 0.191 e. The molecule has 0 saturated heterocycles. The lowest BCUT2D eigenvalue weighted by Gasteiger charge is -2.15. The summed E-state index contributed by atoms with van der Waals surface area (Å²) in [7, 11) is 0. The maximum atomic E-state index is 13.4. The number of hydrogen-bond acceptors (Lipinski definition) is 4. The Bertz CT molecular complexity index is 543. The summed E-state index contributed by atoms with van der Waals surface area (Å²) in [6, 6.07) is 2.58. The van der Waals surface area contributed by atoms with Gasteiger partial charge in [0.05, 0.1) is 5.54 Å². The molecular formula is C13H17FN4O. The minimum Gasteiger partial charge on any atom is -0.409 e. The number of oxime groups is 1. The summed E-state index contributed by atoms with van der Waals surface area (Å²) < 4.78 is 13.4. The molecule has 0 aliphatic carbocycles. The molecule has 5 nitrogen and oxygen atoms in total. The van der Waals surface area contributed by atoms with Crippen LogP contribution >= 0.6 is 0 Å². The van der Waals surface area contributed by atoms with Gasteiger partial charge in [-0.05, 0) is 31.4 Å². The number of amidine groups is 1. The zero-order chi connectivity index (χ0) is 14.5. The summed E-state index contributed by atoms with van der Waals surface area (Å²) in [5.74, 6) is 4.58. The molecule has 1 unspecified atom stereocenters. The molecule has 19 heavy (non-hydrogen) atoms. The van der Waals surface area contributed by atoms with E-state index in [9.17, 15) is 4.39 Å². The van der Waals surface area contributed by atoms with Crippen LogP contribution in [-0.4, -0.2) is 21.6 Å². The standard InChI is InChI=1S/C13H17FN4O/c1-3-7-13(2,16)8-6-9-4-5-10(14)11(17-9)12(15)18-19/h4-5,19H,3,7,16H2,1-2H3,(H2,15,18). The first-order chi connectivity index (χ1) is 8.89. The molecule has 0 aromatic carbocycles. The van der Waals surface area contributed by atoms with E-state index in [1.165, 1.54) is 6.07 Å². The molecule has 0 aliphatic heterocycles. The molecule has 0 radical (unpaired) electrons. The van der Waals surface area contributed by atoms with Gasteiger partial charge in [0.25, 0.3) is 0 Å². The Hall–Kier alpha value is -2.13. The van der Waals surface area contributed by atoms with Crippen LogP contribution < -0.4 is 11.5 Å². The van der Waals surface area contributed by atoms with Crippen LogP contribution in [-0.2, 0) is 0 Å². The average Bonchev–Trinajstić information content (AvgIpc) is 2.37. The quantitative estimate of drug-likeness (QED) is 0.251. The average molecular weight is 264 g/mol. The SMILES string of the molecule is CCCC(C)(N)C#Cc1ccc(F)c(/C(N)=N\O)n1. The Balaban J connectivity index is 3.08. The summed E-state index contributed by atoms with van der Waals surface area (Å²) in [5.41, 5.74) is 10.7. The summed E-state index contributed by atoms with van der Waals surface area (Å²) in [5, 5.41) is 11.3. The highest BCUT2D eigenvalue weighted by atomic mass is 19.1. The van der Waals surface area contributed by atoms with Crippen LogP contribution in [0.5, 0.6) is 0 Å². The lowest BCUT2D eigenvalue weighted by molar-refractivity contribution is 0.318. The fraction of sp³-hybridized carbons (Fsp3) is 0.385. The van der Waals surface area contributed by atoms with E-state index in [4.69, 9.17) is 16.7 Å². The molecular weight excluding hydrogens is 247 g/mol. The van der Waals surface area contributed by atoms with Gasteiger partial charge in [-0.1, -0.05) is 24.4 Å². The van der Waals surface area contributed by atoms with E-state index >= 15 is 0 Å². The number of nitrogens with two attached hydrogens (primary N) is 2. The van der Waals surface area contributed by atoms with Crippen LogP contribution in [0.15, 0.2) is 17.3 Å². The van der Waals surface area contributed by atoms with Gasteiger partial charge in [-0.25, -0.2) is 9.37 Å². The normalized spacial score (nSPS) is 14.4. The number of aromatic nitrogens is 1. The molecule has 5 N–H and O–H groups in total. The van der Waals surface area contributed by atoms with Gasteiger partial charge >= 0.3 is 0 Å². The second-order valence-corrected chi connectivity index (χ2v) is 4.43. The van der Waals surface area contributed by atoms with E-state index in [0.29, 0.717) is 5.69 Å². The fourth-order valence-electron chi connectivity index (χ4n) is 1.53. The molecule has 0 fully saturated rings. The third kappa shape index (κ3) is 4.23. The minimum absolute atomic E-state index is 0.233. The van der Waals surface area contributed by atoms with Gasteiger partial charge < -0.3 is 16.7 Å². The zero-order valence-electron chi connectivity index (χ0n) is 10.9. The topological polar surface area (TPSA) is 97.5 Å². The molecule has 102 valence electrons. The van der Waals surface area contributed by atoms with E-state index in [1.807, 2.05) is 13.8 Å². The fourth-order valence-corrected chi connectivity index (χ4v) is 1.53.